The molecular formula is C45H62O10S2. The third-order valence-electron chi connectivity index (χ3n) is 9.81. The standard InChI is InChI=1S/C45H62O10S2/c1-29(2)12-14-35-37(26-46)39(54-19-9-11-34(49)23-32(17-21-57-7)27-52-28-47)25-40-42(35)45(51)43-41(55-40)24-38(36(44(43)50)15-13-30(3)4)53-18-8-10-33(48)22-31(5)16-20-56-6/h12-13,24-25,28,31-32,46,50H,8-11,14-23,26-27H2,1-7H3/t31-,32-/m0/s1. The number of hydrogen-bond donors (Lipinski definition) is 2. The van der Waals surface area contributed by atoms with Gasteiger partial charge in [0.25, 0.3) is 6.47 Å². The summed E-state index contributed by atoms with van der Waals surface area (Å²) >= 11 is 3.45. The largest absolute Gasteiger partial charge is 0.507 e. The van der Waals surface area contributed by atoms with Gasteiger partial charge in [-0.2, -0.15) is 23.5 Å². The van der Waals surface area contributed by atoms with E-state index in [0.717, 1.165) is 35.5 Å². The number of Topliss-reactive ketones (excluding diaryl/α,β-unsaturated/α-hetero) is 2. The zero-order chi connectivity index (χ0) is 41.9. The molecule has 0 amide bonds. The summed E-state index contributed by atoms with van der Waals surface area (Å²) < 4.78 is 23.7. The Balaban J connectivity index is 1.98. The van der Waals surface area contributed by atoms with Crippen LogP contribution in [0.5, 0.6) is 17.2 Å². The number of allylic oxidation sites excluding steroid dienone is 4. The monoisotopic (exact) mass is 826 g/mol. The van der Waals surface area contributed by atoms with E-state index >= 15 is 0 Å². The fourth-order valence-electron chi connectivity index (χ4n) is 6.67. The normalized spacial score (nSPS) is 12.3. The summed E-state index contributed by atoms with van der Waals surface area (Å²) in [5.41, 5.74) is 3.37. The summed E-state index contributed by atoms with van der Waals surface area (Å²) in [4.78, 5) is 50.7. The molecule has 0 aliphatic heterocycles. The third kappa shape index (κ3) is 14.9. The number of aliphatic hydroxyl groups is 1. The van der Waals surface area contributed by atoms with E-state index in [1.807, 2.05) is 46.1 Å². The van der Waals surface area contributed by atoms with Crippen molar-refractivity contribution in [2.24, 2.45) is 11.8 Å². The highest BCUT2D eigenvalue weighted by Gasteiger charge is 2.24. The molecule has 0 fully saturated rings. The van der Waals surface area contributed by atoms with Gasteiger partial charge in [-0.05, 0) is 102 Å². The van der Waals surface area contributed by atoms with E-state index in [-0.39, 0.29) is 71.4 Å². The number of benzene rings is 2. The van der Waals surface area contributed by atoms with Gasteiger partial charge in [-0.15, -0.1) is 0 Å². The van der Waals surface area contributed by atoms with Gasteiger partial charge in [0.1, 0.15) is 45.4 Å². The van der Waals surface area contributed by atoms with E-state index in [9.17, 15) is 29.4 Å². The first-order valence-electron chi connectivity index (χ1n) is 19.8. The fourth-order valence-corrected chi connectivity index (χ4v) is 7.88. The summed E-state index contributed by atoms with van der Waals surface area (Å²) in [5, 5.41) is 22.7. The van der Waals surface area contributed by atoms with Gasteiger partial charge in [-0.25, -0.2) is 0 Å². The highest BCUT2D eigenvalue weighted by atomic mass is 32.2. The Bertz CT molecular complexity index is 1920. The molecule has 2 aromatic carbocycles. The molecule has 0 unspecified atom stereocenters. The Morgan fingerprint density at radius 1 is 0.807 bits per heavy atom. The minimum absolute atomic E-state index is 0.0188. The lowest BCUT2D eigenvalue weighted by molar-refractivity contribution is -0.131. The number of phenolic OH excluding ortho intramolecular Hbond substituents is 1. The summed E-state index contributed by atoms with van der Waals surface area (Å²) in [6.07, 6.45) is 12.8. The smallest absolute Gasteiger partial charge is 0.293 e. The predicted molar refractivity (Wildman–Crippen MR) is 233 cm³/mol. The molecule has 0 saturated heterocycles. The topological polar surface area (TPSA) is 150 Å². The van der Waals surface area contributed by atoms with Crippen LogP contribution in [0.15, 0.2) is 44.6 Å². The molecule has 2 atom stereocenters. The SMILES string of the molecule is CSCC[C@H](C)CC(=O)CCCOc1cc2oc3cc(OCCCC(=O)C[C@H](CCSC)COC=O)c(CO)c(CC=C(C)C)c3c(=O)c2c(O)c1CC=C(C)C. The van der Waals surface area contributed by atoms with Crippen molar-refractivity contribution in [1.82, 2.24) is 0 Å². The van der Waals surface area contributed by atoms with Crippen molar-refractivity contribution in [3.05, 3.63) is 62.3 Å². The summed E-state index contributed by atoms with van der Waals surface area (Å²) in [7, 11) is 0. The molecule has 314 valence electrons. The average molecular weight is 827 g/mol. The molecule has 0 aliphatic rings. The van der Waals surface area contributed by atoms with E-state index < -0.39 is 12.0 Å². The van der Waals surface area contributed by atoms with Crippen LogP contribution >= 0.6 is 23.5 Å². The van der Waals surface area contributed by atoms with Crippen LogP contribution in [0.25, 0.3) is 21.9 Å². The molecule has 3 aromatic rings. The van der Waals surface area contributed by atoms with Crippen LogP contribution in [0.2, 0.25) is 0 Å². The number of carbonyl (C=O) groups excluding carboxylic acids is 3. The number of phenols is 1. The first-order chi connectivity index (χ1) is 27.3. The van der Waals surface area contributed by atoms with Gasteiger partial charge in [-0.3, -0.25) is 19.2 Å². The molecule has 0 radical (unpaired) electrons. The van der Waals surface area contributed by atoms with Crippen molar-refractivity contribution >= 4 is 63.5 Å². The van der Waals surface area contributed by atoms with E-state index in [0.29, 0.717) is 85.5 Å². The van der Waals surface area contributed by atoms with Crippen molar-refractivity contribution in [2.75, 3.05) is 43.8 Å². The third-order valence-corrected chi connectivity index (χ3v) is 11.1. The van der Waals surface area contributed by atoms with Crippen molar-refractivity contribution in [1.29, 1.82) is 0 Å². The van der Waals surface area contributed by atoms with Crippen molar-refractivity contribution in [2.45, 2.75) is 105 Å². The Kier molecular flexibility index (Phi) is 20.8. The number of aromatic hydroxyl groups is 1. The fraction of sp³-hybridized carbons (Fsp3) is 0.556. The number of thioether (sulfide) groups is 2. The molecule has 0 saturated carbocycles. The van der Waals surface area contributed by atoms with Gasteiger partial charge in [0.2, 0.25) is 5.43 Å². The molecule has 10 nitrogen and oxygen atoms in total. The lowest BCUT2D eigenvalue weighted by Crippen LogP contribution is -2.16. The number of aliphatic hydroxyl groups excluding tert-OH is 1. The second-order valence-corrected chi connectivity index (χ2v) is 17.2. The number of fused-ring (bicyclic) bond motifs is 2. The molecule has 1 aromatic heterocycles. The molecule has 0 aliphatic carbocycles. The van der Waals surface area contributed by atoms with Crippen LogP contribution < -0.4 is 14.9 Å². The van der Waals surface area contributed by atoms with E-state index in [2.05, 4.69) is 13.2 Å². The molecule has 2 N–H and O–H groups in total. The Hall–Kier alpha value is -3.74. The first kappa shape index (κ1) is 47.6. The van der Waals surface area contributed by atoms with E-state index in [4.69, 9.17) is 18.6 Å². The number of carbonyl (C=O) groups is 3. The maximum atomic E-state index is 14.5. The van der Waals surface area contributed by atoms with Crippen molar-refractivity contribution < 1.29 is 43.2 Å². The first-order valence-corrected chi connectivity index (χ1v) is 22.6. The Morgan fingerprint density at radius 2 is 1.35 bits per heavy atom. The van der Waals surface area contributed by atoms with Crippen LogP contribution in [0, 0.1) is 11.8 Å². The summed E-state index contributed by atoms with van der Waals surface area (Å²) in [6.45, 7) is 10.5. The van der Waals surface area contributed by atoms with Gasteiger partial charge in [0.05, 0.1) is 31.8 Å². The zero-order valence-electron chi connectivity index (χ0n) is 34.8. The highest BCUT2D eigenvalue weighted by molar-refractivity contribution is 7.98. The second kappa shape index (κ2) is 24.9. The minimum atomic E-state index is -0.437. The highest BCUT2D eigenvalue weighted by Crippen LogP contribution is 2.39. The van der Waals surface area contributed by atoms with Gasteiger partial charge in [0.15, 0.2) is 0 Å². The number of ketones is 2. The molecule has 0 bridgehead atoms. The van der Waals surface area contributed by atoms with Gasteiger partial charge >= 0.3 is 0 Å². The summed E-state index contributed by atoms with van der Waals surface area (Å²) in [5.74, 6) is 2.90. The summed E-state index contributed by atoms with van der Waals surface area (Å²) in [6, 6.07) is 3.22. The van der Waals surface area contributed by atoms with Gasteiger partial charge in [0, 0.05) is 54.9 Å². The Morgan fingerprint density at radius 3 is 1.91 bits per heavy atom. The van der Waals surface area contributed by atoms with Crippen LogP contribution in [-0.2, 0) is 38.6 Å². The van der Waals surface area contributed by atoms with Crippen LogP contribution in [0.1, 0.15) is 103 Å². The maximum Gasteiger partial charge on any atom is 0.293 e. The van der Waals surface area contributed by atoms with Crippen molar-refractivity contribution in [3.63, 3.8) is 0 Å². The molecule has 3 rings (SSSR count). The minimum Gasteiger partial charge on any atom is -0.507 e. The number of hydrogen-bond acceptors (Lipinski definition) is 12. The van der Waals surface area contributed by atoms with E-state index in [1.165, 1.54) is 0 Å². The zero-order valence-corrected chi connectivity index (χ0v) is 36.5. The average Bonchev–Trinajstić information content (AvgIpc) is 3.16. The lowest BCUT2D eigenvalue weighted by atomic mass is 9.95. The van der Waals surface area contributed by atoms with Crippen LogP contribution in [0.3, 0.4) is 0 Å². The van der Waals surface area contributed by atoms with Gasteiger partial charge < -0.3 is 28.8 Å². The quantitative estimate of drug-likeness (QED) is 0.0311. The number of ether oxygens (including phenoxy) is 3. The predicted octanol–water partition coefficient (Wildman–Crippen LogP) is 9.33. The van der Waals surface area contributed by atoms with Crippen LogP contribution in [-0.4, -0.2) is 72.1 Å². The van der Waals surface area contributed by atoms with Crippen LogP contribution in [0.4, 0.5) is 0 Å². The molecule has 1 heterocycles. The van der Waals surface area contributed by atoms with E-state index in [1.54, 1.807) is 35.7 Å². The molecule has 12 heteroatoms. The lowest BCUT2D eigenvalue weighted by Gasteiger charge is -2.18. The number of rotatable bonds is 28. The van der Waals surface area contributed by atoms with Crippen molar-refractivity contribution in [3.8, 4) is 17.2 Å². The molecule has 0 spiro atoms. The molecule has 57 heavy (non-hydrogen) atoms. The Labute approximate surface area is 346 Å². The second-order valence-electron chi connectivity index (χ2n) is 15.2. The maximum absolute atomic E-state index is 14.5. The van der Waals surface area contributed by atoms with Gasteiger partial charge in [-0.1, -0.05) is 30.2 Å². The molecular weight excluding hydrogens is 765 g/mol.